The molecule has 0 aliphatic rings. The molecule has 5 heteroatoms. The number of aromatic nitrogens is 2. The van der Waals surface area contributed by atoms with Crippen molar-refractivity contribution in [1.82, 2.24) is 15.1 Å². The zero-order valence-corrected chi connectivity index (χ0v) is 9.32. The number of rotatable bonds is 5. The van der Waals surface area contributed by atoms with Gasteiger partial charge in [0.25, 0.3) is 0 Å². The average Bonchev–Trinajstić information content (AvgIpc) is 2.57. The smallest absolute Gasteiger partial charge is 0.354 e. The van der Waals surface area contributed by atoms with Gasteiger partial charge in [-0.25, -0.2) is 4.79 Å². The van der Waals surface area contributed by atoms with Gasteiger partial charge in [-0.05, 0) is 13.0 Å². The fourth-order valence-corrected chi connectivity index (χ4v) is 1.28. The van der Waals surface area contributed by atoms with E-state index in [9.17, 15) is 4.79 Å². The van der Waals surface area contributed by atoms with Crippen LogP contribution in [0.3, 0.4) is 0 Å². The van der Waals surface area contributed by atoms with Gasteiger partial charge in [-0.1, -0.05) is 13.8 Å². The van der Waals surface area contributed by atoms with Crippen LogP contribution in [0.15, 0.2) is 6.07 Å². The standard InChI is InChI=1S/C10H17N3O2/c1-4-13-9(10(14)15)5-8(12-13)6-11-7(2)3/h5,7,11H,4,6H2,1-3H3,(H,14,15). The van der Waals surface area contributed by atoms with Gasteiger partial charge in [-0.15, -0.1) is 0 Å². The Morgan fingerprint density at radius 2 is 2.33 bits per heavy atom. The van der Waals surface area contributed by atoms with Gasteiger partial charge in [0.2, 0.25) is 0 Å². The lowest BCUT2D eigenvalue weighted by Gasteiger charge is -2.04. The summed E-state index contributed by atoms with van der Waals surface area (Å²) in [7, 11) is 0. The molecule has 0 aliphatic heterocycles. The minimum atomic E-state index is -0.930. The van der Waals surface area contributed by atoms with Crippen molar-refractivity contribution in [1.29, 1.82) is 0 Å². The number of carbonyl (C=O) groups is 1. The molecule has 84 valence electrons. The van der Waals surface area contributed by atoms with E-state index < -0.39 is 5.97 Å². The molecule has 0 atom stereocenters. The number of aromatic carboxylic acids is 1. The molecule has 1 heterocycles. The van der Waals surface area contributed by atoms with Crippen LogP contribution in [0.25, 0.3) is 0 Å². The number of carboxylic acid groups (broad SMARTS) is 1. The van der Waals surface area contributed by atoms with Crippen LogP contribution in [0.1, 0.15) is 37.0 Å². The Morgan fingerprint density at radius 1 is 1.67 bits per heavy atom. The largest absolute Gasteiger partial charge is 0.477 e. The van der Waals surface area contributed by atoms with Crippen LogP contribution in [0.4, 0.5) is 0 Å². The summed E-state index contributed by atoms with van der Waals surface area (Å²) in [4.78, 5) is 10.9. The molecule has 0 aromatic carbocycles. The second-order valence-corrected chi connectivity index (χ2v) is 3.68. The molecule has 0 bridgehead atoms. The van der Waals surface area contributed by atoms with Crippen molar-refractivity contribution in [2.45, 2.75) is 39.9 Å². The monoisotopic (exact) mass is 211 g/mol. The predicted molar refractivity (Wildman–Crippen MR) is 56.8 cm³/mol. The molecule has 0 saturated carbocycles. The molecular weight excluding hydrogens is 194 g/mol. The quantitative estimate of drug-likeness (QED) is 0.765. The first-order valence-electron chi connectivity index (χ1n) is 5.08. The summed E-state index contributed by atoms with van der Waals surface area (Å²) in [5.74, 6) is -0.930. The molecule has 0 radical (unpaired) electrons. The van der Waals surface area contributed by atoms with Crippen LogP contribution < -0.4 is 5.32 Å². The summed E-state index contributed by atoms with van der Waals surface area (Å²) in [6.45, 7) is 7.12. The van der Waals surface area contributed by atoms with E-state index in [1.807, 2.05) is 20.8 Å². The lowest BCUT2D eigenvalue weighted by atomic mass is 10.3. The summed E-state index contributed by atoms with van der Waals surface area (Å²) < 4.78 is 1.50. The number of hydrogen-bond donors (Lipinski definition) is 2. The Balaban J connectivity index is 2.78. The zero-order valence-electron chi connectivity index (χ0n) is 9.32. The second-order valence-electron chi connectivity index (χ2n) is 3.68. The molecular formula is C10H17N3O2. The van der Waals surface area contributed by atoms with Crippen molar-refractivity contribution in [3.05, 3.63) is 17.5 Å². The highest BCUT2D eigenvalue weighted by atomic mass is 16.4. The van der Waals surface area contributed by atoms with E-state index in [0.29, 0.717) is 19.1 Å². The lowest BCUT2D eigenvalue weighted by Crippen LogP contribution is -2.22. The Labute approximate surface area is 89.1 Å². The molecule has 0 spiro atoms. The molecule has 0 fully saturated rings. The third kappa shape index (κ3) is 3.06. The van der Waals surface area contributed by atoms with E-state index >= 15 is 0 Å². The van der Waals surface area contributed by atoms with Gasteiger partial charge in [0.05, 0.1) is 5.69 Å². The molecule has 2 N–H and O–H groups in total. The predicted octanol–water partition coefficient (Wildman–Crippen LogP) is 1.10. The molecule has 0 saturated heterocycles. The highest BCUT2D eigenvalue weighted by molar-refractivity contribution is 5.85. The van der Waals surface area contributed by atoms with Gasteiger partial charge < -0.3 is 10.4 Å². The number of nitrogens with one attached hydrogen (secondary N) is 1. The molecule has 0 amide bonds. The van der Waals surface area contributed by atoms with Crippen LogP contribution in [0.2, 0.25) is 0 Å². The summed E-state index contributed by atoms with van der Waals surface area (Å²) >= 11 is 0. The van der Waals surface area contributed by atoms with Gasteiger partial charge >= 0.3 is 5.97 Å². The van der Waals surface area contributed by atoms with Crippen LogP contribution in [-0.4, -0.2) is 26.9 Å². The van der Waals surface area contributed by atoms with Gasteiger partial charge in [-0.2, -0.15) is 5.10 Å². The van der Waals surface area contributed by atoms with Crippen molar-refractivity contribution in [2.75, 3.05) is 0 Å². The first kappa shape index (κ1) is 11.7. The zero-order chi connectivity index (χ0) is 11.4. The van der Waals surface area contributed by atoms with Gasteiger partial charge in [0, 0.05) is 19.1 Å². The van der Waals surface area contributed by atoms with Crippen molar-refractivity contribution in [3.8, 4) is 0 Å². The Morgan fingerprint density at radius 3 is 2.73 bits per heavy atom. The first-order chi connectivity index (χ1) is 7.04. The van der Waals surface area contributed by atoms with Gasteiger partial charge in [0.15, 0.2) is 0 Å². The highest BCUT2D eigenvalue weighted by Gasteiger charge is 2.12. The minimum Gasteiger partial charge on any atom is -0.477 e. The Kier molecular flexibility index (Phi) is 3.85. The SMILES string of the molecule is CCn1nc(CNC(C)C)cc1C(=O)O. The molecule has 5 nitrogen and oxygen atoms in total. The average molecular weight is 211 g/mol. The van der Waals surface area contributed by atoms with Crippen LogP contribution >= 0.6 is 0 Å². The van der Waals surface area contributed by atoms with E-state index in [1.54, 1.807) is 6.07 Å². The number of aryl methyl sites for hydroxylation is 1. The summed E-state index contributed by atoms with van der Waals surface area (Å²) in [6.07, 6.45) is 0. The normalized spacial score (nSPS) is 10.9. The number of nitrogens with zero attached hydrogens (tertiary/aromatic N) is 2. The van der Waals surface area contributed by atoms with Crippen LogP contribution in [-0.2, 0) is 13.1 Å². The first-order valence-corrected chi connectivity index (χ1v) is 5.08. The fourth-order valence-electron chi connectivity index (χ4n) is 1.28. The minimum absolute atomic E-state index is 0.248. The highest BCUT2D eigenvalue weighted by Crippen LogP contribution is 2.04. The van der Waals surface area contributed by atoms with Crippen LogP contribution in [0.5, 0.6) is 0 Å². The maximum absolute atomic E-state index is 10.9. The summed E-state index contributed by atoms with van der Waals surface area (Å²) in [5, 5.41) is 16.3. The van der Waals surface area contributed by atoms with Crippen LogP contribution in [0, 0.1) is 0 Å². The van der Waals surface area contributed by atoms with Crippen molar-refractivity contribution in [3.63, 3.8) is 0 Å². The molecule has 1 rings (SSSR count). The Hall–Kier alpha value is -1.36. The van der Waals surface area contributed by atoms with E-state index in [2.05, 4.69) is 10.4 Å². The molecule has 1 aromatic rings. The van der Waals surface area contributed by atoms with Crippen molar-refractivity contribution >= 4 is 5.97 Å². The molecule has 1 aromatic heterocycles. The maximum atomic E-state index is 10.9. The summed E-state index contributed by atoms with van der Waals surface area (Å²) in [5.41, 5.74) is 1.01. The Bertz CT molecular complexity index is 344. The van der Waals surface area contributed by atoms with E-state index in [0.717, 1.165) is 5.69 Å². The number of hydrogen-bond acceptors (Lipinski definition) is 3. The second kappa shape index (κ2) is 4.93. The topological polar surface area (TPSA) is 67.2 Å². The molecule has 15 heavy (non-hydrogen) atoms. The lowest BCUT2D eigenvalue weighted by molar-refractivity contribution is 0.0683. The van der Waals surface area contributed by atoms with Gasteiger partial charge in [0.1, 0.15) is 5.69 Å². The molecule has 0 unspecified atom stereocenters. The number of carboxylic acids is 1. The van der Waals surface area contributed by atoms with Crippen molar-refractivity contribution < 1.29 is 9.90 Å². The summed E-state index contributed by atoms with van der Waals surface area (Å²) in [6, 6.07) is 1.98. The third-order valence-electron chi connectivity index (χ3n) is 2.04. The van der Waals surface area contributed by atoms with E-state index in [1.165, 1.54) is 4.68 Å². The van der Waals surface area contributed by atoms with Gasteiger partial charge in [-0.3, -0.25) is 4.68 Å². The van der Waals surface area contributed by atoms with Crippen molar-refractivity contribution in [2.24, 2.45) is 0 Å². The maximum Gasteiger partial charge on any atom is 0.354 e. The van der Waals surface area contributed by atoms with E-state index in [4.69, 9.17) is 5.11 Å². The fraction of sp³-hybridized carbons (Fsp3) is 0.600. The van der Waals surface area contributed by atoms with E-state index in [-0.39, 0.29) is 5.69 Å². The third-order valence-corrected chi connectivity index (χ3v) is 2.04. The molecule has 0 aliphatic carbocycles.